The Morgan fingerprint density at radius 3 is 2.46 bits per heavy atom. The third-order valence-electron chi connectivity index (χ3n) is 10.6. The van der Waals surface area contributed by atoms with E-state index in [2.05, 4.69) is 53.5 Å². The van der Waals surface area contributed by atoms with Crippen molar-refractivity contribution >= 4 is 39.3 Å². The maximum atomic E-state index is 9.60. The summed E-state index contributed by atoms with van der Waals surface area (Å²) in [4.78, 5) is 4.21. The van der Waals surface area contributed by atoms with Crippen LogP contribution in [-0.4, -0.2) is 11.2 Å². The minimum absolute atomic E-state index is 0. The normalized spacial score (nSPS) is 21.7. The first-order chi connectivity index (χ1) is 28.7. The van der Waals surface area contributed by atoms with Gasteiger partial charge in [0.15, 0.2) is 0 Å². The fraction of sp³-hybridized carbons (Fsp3) is 0.200. The minimum Gasteiger partial charge on any atom is -0.811 e. The standard InChI is InChI=1S/C31H27NO.C19H16N.Ir/c1-20(26-6-4-7-28-27-5-2-3-8-30(27)33-31(26)28)17-24(15-16-32)22-11-13-23(14-12-22)29-19-21-9-10-25(29)18-21;1-14-8-11-19(20-13-14)17-10-9-15(2)18(12-17)16-6-4-3-5-7-16;/h2-5,7-8,11-17,21,25,29H,9-10,18-19H2,1H3;3-9,11-13H,1-2H3;/q-2;-1;+3/b20-17+,24-15+;;/i29D;1D3,2D3;. The first-order valence-electron chi connectivity index (χ1n) is 21.6. The van der Waals surface area contributed by atoms with Crippen LogP contribution < -0.4 is 0 Å². The molecule has 2 fully saturated rings. The van der Waals surface area contributed by atoms with Gasteiger partial charge in [0.2, 0.25) is 0 Å². The van der Waals surface area contributed by atoms with Crippen molar-refractivity contribution in [2.45, 2.75) is 52.2 Å². The zero-order chi connectivity index (χ0) is 42.2. The van der Waals surface area contributed by atoms with Crippen LogP contribution in [0.3, 0.4) is 0 Å². The summed E-state index contributed by atoms with van der Waals surface area (Å²) in [6, 6.07) is 42.3. The van der Waals surface area contributed by atoms with Gasteiger partial charge in [-0.05, 0) is 83.4 Å². The molecule has 9 rings (SSSR count). The van der Waals surface area contributed by atoms with Crippen LogP contribution in [0, 0.1) is 37.7 Å². The van der Waals surface area contributed by atoms with Crippen molar-refractivity contribution in [2.24, 2.45) is 11.8 Å². The van der Waals surface area contributed by atoms with Crippen LogP contribution in [0.4, 0.5) is 0 Å². The van der Waals surface area contributed by atoms with Gasteiger partial charge in [0.1, 0.15) is 5.58 Å². The van der Waals surface area contributed by atoms with E-state index in [1.54, 1.807) is 18.2 Å². The molecule has 2 heterocycles. The van der Waals surface area contributed by atoms with Crippen molar-refractivity contribution in [3.05, 3.63) is 179 Å². The van der Waals surface area contributed by atoms with Crippen LogP contribution in [0.2, 0.25) is 0 Å². The van der Waals surface area contributed by atoms with Gasteiger partial charge in [-0.1, -0.05) is 128 Å². The number of furan rings is 1. The molecule has 0 aliphatic heterocycles. The summed E-state index contributed by atoms with van der Waals surface area (Å²) in [6.07, 6.45) is 10.9. The predicted molar refractivity (Wildman–Crippen MR) is 222 cm³/mol. The molecule has 0 spiro atoms. The van der Waals surface area contributed by atoms with Gasteiger partial charge in [-0.15, -0.1) is 58.7 Å². The van der Waals surface area contributed by atoms with E-state index in [0.29, 0.717) is 22.7 Å². The van der Waals surface area contributed by atoms with Crippen LogP contribution in [-0.2, 0) is 20.1 Å². The van der Waals surface area contributed by atoms with E-state index >= 15 is 0 Å². The fourth-order valence-electron chi connectivity index (χ4n) is 7.93. The predicted octanol–water partition coefficient (Wildman–Crippen LogP) is 13.2. The molecule has 2 aliphatic carbocycles. The molecule has 0 saturated heterocycles. The maximum Gasteiger partial charge on any atom is 3.00 e. The number of benzene rings is 5. The first kappa shape index (κ1) is 29.2. The summed E-state index contributed by atoms with van der Waals surface area (Å²) >= 11 is 0. The van der Waals surface area contributed by atoms with Crippen LogP contribution in [0.15, 0.2) is 138 Å². The summed E-state index contributed by atoms with van der Waals surface area (Å²) in [5, 5.41) is 11.8. The Hall–Kier alpha value is -5.15. The molecular weight excluding hydrogens is 837 g/mol. The molecule has 7 aromatic rings. The average Bonchev–Trinajstić information content (AvgIpc) is 3.97. The number of nitrogens with zero attached hydrogens (tertiary/aromatic N) is 2. The molecule has 4 heteroatoms. The minimum atomic E-state index is -2.27. The Balaban J connectivity index is 0.000000188. The van der Waals surface area contributed by atoms with E-state index in [1.807, 2.05) is 67.6 Å². The molecular formula is C50H43IrN2O. The number of para-hydroxylation sites is 1. The summed E-state index contributed by atoms with van der Waals surface area (Å²) < 4.78 is 60.9. The second-order valence-electron chi connectivity index (χ2n) is 13.9. The average molecular weight is 887 g/mol. The zero-order valence-corrected chi connectivity index (χ0v) is 32.3. The third-order valence-corrected chi connectivity index (χ3v) is 10.6. The molecule has 2 aliphatic rings. The molecule has 0 N–H and O–H groups in total. The monoisotopic (exact) mass is 887 g/mol. The molecule has 2 aromatic heterocycles. The quantitative estimate of drug-likeness (QED) is 0.0909. The van der Waals surface area contributed by atoms with E-state index in [0.717, 1.165) is 73.9 Å². The van der Waals surface area contributed by atoms with Gasteiger partial charge in [-0.25, -0.2) is 0 Å². The second kappa shape index (κ2) is 16.5. The van der Waals surface area contributed by atoms with Crippen molar-refractivity contribution < 1.29 is 34.1 Å². The van der Waals surface area contributed by atoms with Crippen molar-refractivity contribution in [3.63, 3.8) is 0 Å². The molecule has 0 radical (unpaired) electrons. The van der Waals surface area contributed by atoms with E-state index in [1.165, 1.54) is 37.6 Å². The van der Waals surface area contributed by atoms with Gasteiger partial charge >= 0.3 is 20.1 Å². The van der Waals surface area contributed by atoms with Crippen molar-refractivity contribution in [1.82, 2.24) is 4.98 Å². The summed E-state index contributed by atoms with van der Waals surface area (Å²) in [5.74, 6) is 0.780. The zero-order valence-electron chi connectivity index (χ0n) is 36.9. The largest absolute Gasteiger partial charge is 3.00 e. The van der Waals surface area contributed by atoms with Crippen LogP contribution in [0.25, 0.3) is 60.9 Å². The topological polar surface area (TPSA) is 48.3 Å². The van der Waals surface area contributed by atoms with Gasteiger partial charge in [-0.2, -0.15) is 6.21 Å². The summed E-state index contributed by atoms with van der Waals surface area (Å²) in [6.45, 7) is -2.43. The molecule has 0 amide bonds. The molecule has 3 unspecified atom stereocenters. The SMILES string of the molecule is [2H]C([2H])([2H])c1ccc(-c2[c-]cc(C([2H])([2H])[2H])c(-c3ccccc3)c2)nc1.[2H]C1(c2ccc(C(=C/C=[N-])/C=C(\C)c3[c-]ccc4c3oc3ccccc34)cc2)CC2CCC1C2.[Ir+3]. The molecule has 2 saturated carbocycles. The van der Waals surface area contributed by atoms with E-state index in [9.17, 15) is 5.41 Å². The second-order valence-corrected chi connectivity index (χ2v) is 13.9. The number of hydrogen-bond acceptors (Lipinski definition) is 2. The van der Waals surface area contributed by atoms with Crippen molar-refractivity contribution in [1.29, 1.82) is 0 Å². The number of aryl methyl sites for hydroxylation is 2. The third kappa shape index (κ3) is 7.73. The van der Waals surface area contributed by atoms with Gasteiger partial charge in [-0.3, -0.25) is 0 Å². The van der Waals surface area contributed by atoms with E-state index in [4.69, 9.17) is 14.0 Å². The Labute approximate surface area is 342 Å². The number of hydrogen-bond donors (Lipinski definition) is 0. The molecule has 54 heavy (non-hydrogen) atoms. The van der Waals surface area contributed by atoms with Gasteiger partial charge in [0, 0.05) is 26.8 Å². The number of rotatable bonds is 7. The van der Waals surface area contributed by atoms with Gasteiger partial charge in [0.25, 0.3) is 0 Å². The Bertz CT molecular complexity index is 2740. The Kier molecular flexibility index (Phi) is 8.92. The van der Waals surface area contributed by atoms with Crippen molar-refractivity contribution in [2.75, 3.05) is 0 Å². The fourth-order valence-corrected chi connectivity index (χ4v) is 7.93. The molecule has 5 aromatic carbocycles. The first-order valence-corrected chi connectivity index (χ1v) is 18.1. The smallest absolute Gasteiger partial charge is 0.811 e. The van der Waals surface area contributed by atoms with Crippen LogP contribution in [0.5, 0.6) is 0 Å². The molecule has 3 atom stereocenters. The maximum absolute atomic E-state index is 9.60. The van der Waals surface area contributed by atoms with Crippen molar-refractivity contribution in [3.8, 4) is 22.4 Å². The Morgan fingerprint density at radius 1 is 0.907 bits per heavy atom. The Morgan fingerprint density at radius 2 is 1.74 bits per heavy atom. The molecule has 268 valence electrons. The number of allylic oxidation sites excluding steroid dienone is 4. The van der Waals surface area contributed by atoms with E-state index < -0.39 is 19.6 Å². The molecule has 2 bridgehead atoms. The number of fused-ring (bicyclic) bond motifs is 5. The van der Waals surface area contributed by atoms with Crippen LogP contribution >= 0.6 is 0 Å². The van der Waals surface area contributed by atoms with Gasteiger partial charge in [0.05, 0.1) is 0 Å². The van der Waals surface area contributed by atoms with Crippen LogP contribution in [0.1, 0.15) is 75.9 Å². The number of pyridine rings is 1. The van der Waals surface area contributed by atoms with Gasteiger partial charge < -0.3 is 14.8 Å². The molecule has 3 nitrogen and oxygen atoms in total. The number of aromatic nitrogens is 1. The summed E-state index contributed by atoms with van der Waals surface area (Å²) in [7, 11) is 0. The summed E-state index contributed by atoms with van der Waals surface area (Å²) in [5.41, 5.74) is 9.53. The van der Waals surface area contributed by atoms with E-state index in [-0.39, 0.29) is 31.2 Å².